The molecule has 1 aliphatic heterocycles. The van der Waals surface area contributed by atoms with Crippen molar-refractivity contribution < 1.29 is 17.6 Å². The van der Waals surface area contributed by atoms with Gasteiger partial charge in [-0.05, 0) is 60.6 Å². The third kappa shape index (κ3) is 3.75. The van der Waals surface area contributed by atoms with Crippen molar-refractivity contribution in [3.8, 4) is 0 Å². The Morgan fingerprint density at radius 3 is 2.72 bits per heavy atom. The van der Waals surface area contributed by atoms with E-state index in [1.807, 2.05) is 42.5 Å². The number of rotatable bonds is 3. The van der Waals surface area contributed by atoms with E-state index in [-0.39, 0.29) is 23.5 Å². The summed E-state index contributed by atoms with van der Waals surface area (Å²) < 4.78 is 29.6. The van der Waals surface area contributed by atoms with Crippen molar-refractivity contribution in [3.05, 3.63) is 65.2 Å². The number of sulfone groups is 1. The van der Waals surface area contributed by atoms with Gasteiger partial charge in [-0.2, -0.15) is 0 Å². The number of furan rings is 1. The number of pyridine rings is 1. The summed E-state index contributed by atoms with van der Waals surface area (Å²) in [5.74, 6) is 1.14. The van der Waals surface area contributed by atoms with Crippen LogP contribution in [0.1, 0.15) is 47.1 Å². The van der Waals surface area contributed by atoms with Gasteiger partial charge in [0.15, 0.2) is 9.84 Å². The van der Waals surface area contributed by atoms with Crippen molar-refractivity contribution in [2.75, 3.05) is 18.6 Å². The van der Waals surface area contributed by atoms with Crippen molar-refractivity contribution in [1.82, 2.24) is 9.88 Å². The maximum Gasteiger partial charge on any atom is 0.254 e. The van der Waals surface area contributed by atoms with Gasteiger partial charge < -0.3 is 9.32 Å². The molecule has 2 aliphatic rings. The third-order valence-electron chi connectivity index (χ3n) is 6.57. The number of hydrogen-bond acceptors (Lipinski definition) is 5. The van der Waals surface area contributed by atoms with Crippen LogP contribution in [-0.4, -0.2) is 48.8 Å². The molecule has 1 fully saturated rings. The smallest absolute Gasteiger partial charge is 0.254 e. The van der Waals surface area contributed by atoms with Gasteiger partial charge in [-0.1, -0.05) is 25.1 Å². The van der Waals surface area contributed by atoms with E-state index in [0.717, 1.165) is 46.3 Å². The number of amides is 1. The molecule has 0 radical (unpaired) electrons. The molecule has 0 saturated carbocycles. The standard InChI is InChI=1S/C25H26N2O4S/c1-16-12-17(14-19-6-5-10-31-19)24-21(13-16)23(20-7-3-4-8-22(20)26-24)25(28)27(2)18-9-11-32(29,30)15-18/h3-8,10,14,16,18H,9,11-13,15H2,1-2H3/b17-14-. The quantitative estimate of drug-likeness (QED) is 0.597. The summed E-state index contributed by atoms with van der Waals surface area (Å²) >= 11 is 0. The summed E-state index contributed by atoms with van der Waals surface area (Å²) in [6, 6.07) is 11.2. The van der Waals surface area contributed by atoms with E-state index in [0.29, 0.717) is 17.9 Å². The number of allylic oxidation sites excluding steroid dienone is 1. The first-order valence-electron chi connectivity index (χ1n) is 11.0. The van der Waals surface area contributed by atoms with Gasteiger partial charge >= 0.3 is 0 Å². The topological polar surface area (TPSA) is 80.5 Å². The molecule has 7 heteroatoms. The van der Waals surface area contributed by atoms with E-state index >= 15 is 0 Å². The lowest BCUT2D eigenvalue weighted by molar-refractivity contribution is 0.0748. The Morgan fingerprint density at radius 2 is 2.00 bits per heavy atom. The van der Waals surface area contributed by atoms with Crippen molar-refractivity contribution >= 4 is 38.3 Å². The zero-order chi connectivity index (χ0) is 22.5. The Bertz CT molecular complexity index is 1330. The highest BCUT2D eigenvalue weighted by Gasteiger charge is 2.35. The summed E-state index contributed by atoms with van der Waals surface area (Å²) in [4.78, 5) is 20.4. The molecule has 3 aromatic rings. The molecule has 1 amide bonds. The summed E-state index contributed by atoms with van der Waals surface area (Å²) in [5.41, 5.74) is 4.25. The molecule has 1 aliphatic carbocycles. The second-order valence-corrected chi connectivity index (χ2v) is 11.2. The van der Waals surface area contributed by atoms with Gasteiger partial charge in [0.05, 0.1) is 34.5 Å². The first-order valence-corrected chi connectivity index (χ1v) is 12.8. The number of aromatic nitrogens is 1. The van der Waals surface area contributed by atoms with Crippen LogP contribution in [0.3, 0.4) is 0 Å². The van der Waals surface area contributed by atoms with E-state index in [1.54, 1.807) is 18.2 Å². The second-order valence-electron chi connectivity index (χ2n) is 9.00. The van der Waals surface area contributed by atoms with Crippen LogP contribution in [0.25, 0.3) is 22.6 Å². The van der Waals surface area contributed by atoms with Crippen molar-refractivity contribution in [2.45, 2.75) is 32.2 Å². The molecule has 6 nitrogen and oxygen atoms in total. The fraction of sp³-hybridized carbons (Fsp3) is 0.360. The maximum absolute atomic E-state index is 13.8. The predicted molar refractivity (Wildman–Crippen MR) is 125 cm³/mol. The minimum absolute atomic E-state index is 0.0283. The van der Waals surface area contributed by atoms with Crippen molar-refractivity contribution in [3.63, 3.8) is 0 Å². The van der Waals surface area contributed by atoms with Gasteiger partial charge in [-0.25, -0.2) is 13.4 Å². The molecular formula is C25H26N2O4S. The van der Waals surface area contributed by atoms with Crippen LogP contribution in [0.15, 0.2) is 47.1 Å². The van der Waals surface area contributed by atoms with E-state index in [9.17, 15) is 13.2 Å². The zero-order valence-electron chi connectivity index (χ0n) is 18.2. The molecule has 32 heavy (non-hydrogen) atoms. The highest BCUT2D eigenvalue weighted by atomic mass is 32.2. The van der Waals surface area contributed by atoms with Crippen LogP contribution < -0.4 is 0 Å². The minimum atomic E-state index is -3.09. The average molecular weight is 451 g/mol. The second kappa shape index (κ2) is 7.89. The van der Waals surface area contributed by atoms with Crippen LogP contribution in [0.4, 0.5) is 0 Å². The first kappa shape index (κ1) is 20.9. The highest BCUT2D eigenvalue weighted by Crippen LogP contribution is 2.39. The Hall–Kier alpha value is -2.93. The Morgan fingerprint density at radius 1 is 1.19 bits per heavy atom. The molecule has 166 valence electrons. The first-order chi connectivity index (χ1) is 15.3. The number of benzene rings is 1. The Balaban J connectivity index is 1.67. The van der Waals surface area contributed by atoms with Crippen LogP contribution >= 0.6 is 0 Å². The number of nitrogens with zero attached hydrogens (tertiary/aromatic N) is 2. The van der Waals surface area contributed by atoms with E-state index < -0.39 is 9.84 Å². The Labute approximate surface area is 187 Å². The van der Waals surface area contributed by atoms with Crippen LogP contribution in [-0.2, 0) is 16.3 Å². The van der Waals surface area contributed by atoms with Crippen molar-refractivity contribution in [1.29, 1.82) is 0 Å². The predicted octanol–water partition coefficient (Wildman–Crippen LogP) is 4.21. The third-order valence-corrected chi connectivity index (χ3v) is 8.32. The molecule has 0 spiro atoms. The number of carbonyl (C=O) groups excluding carboxylic acids is 1. The van der Waals surface area contributed by atoms with Gasteiger partial charge in [0.1, 0.15) is 5.76 Å². The van der Waals surface area contributed by atoms with Gasteiger partial charge in [0.25, 0.3) is 5.91 Å². The molecular weight excluding hydrogens is 424 g/mol. The van der Waals surface area contributed by atoms with Crippen LogP contribution in [0, 0.1) is 5.92 Å². The average Bonchev–Trinajstić information content (AvgIpc) is 3.40. The number of fused-ring (bicyclic) bond motifs is 2. The summed E-state index contributed by atoms with van der Waals surface area (Å²) in [5, 5.41) is 0.815. The lowest BCUT2D eigenvalue weighted by Gasteiger charge is -2.30. The summed E-state index contributed by atoms with van der Waals surface area (Å²) in [7, 11) is -1.36. The molecule has 2 atom stereocenters. The molecule has 0 N–H and O–H groups in total. The fourth-order valence-corrected chi connectivity index (χ4v) is 6.72. The zero-order valence-corrected chi connectivity index (χ0v) is 19.1. The monoisotopic (exact) mass is 450 g/mol. The normalized spacial score (nSPS) is 23.4. The summed E-state index contributed by atoms with van der Waals surface area (Å²) in [6.45, 7) is 2.18. The number of hydrogen-bond donors (Lipinski definition) is 0. The molecule has 1 saturated heterocycles. The molecule has 2 unspecified atom stereocenters. The number of para-hydroxylation sites is 1. The van der Waals surface area contributed by atoms with Gasteiger partial charge in [-0.3, -0.25) is 4.79 Å². The molecule has 5 rings (SSSR count). The van der Waals surface area contributed by atoms with Gasteiger partial charge in [0.2, 0.25) is 0 Å². The molecule has 1 aromatic carbocycles. The fourth-order valence-electron chi connectivity index (χ4n) is 4.95. The molecule has 0 bridgehead atoms. The maximum atomic E-state index is 13.8. The van der Waals surface area contributed by atoms with Gasteiger partial charge in [-0.15, -0.1) is 0 Å². The Kier molecular flexibility index (Phi) is 5.16. The van der Waals surface area contributed by atoms with Crippen LogP contribution in [0.2, 0.25) is 0 Å². The van der Waals surface area contributed by atoms with Crippen LogP contribution in [0.5, 0.6) is 0 Å². The lowest BCUT2D eigenvalue weighted by atomic mass is 9.80. The van der Waals surface area contributed by atoms with Gasteiger partial charge in [0, 0.05) is 18.5 Å². The lowest BCUT2D eigenvalue weighted by Crippen LogP contribution is -2.38. The van der Waals surface area contributed by atoms with E-state index in [1.165, 1.54) is 0 Å². The largest absolute Gasteiger partial charge is 0.465 e. The number of carbonyl (C=O) groups is 1. The SMILES string of the molecule is CC1C/C(=C/c2ccco2)c2nc3ccccc3c(C(=O)N(C)C3CCS(=O)(=O)C3)c2C1. The molecule has 3 heterocycles. The van der Waals surface area contributed by atoms with E-state index in [2.05, 4.69) is 6.92 Å². The minimum Gasteiger partial charge on any atom is -0.465 e. The van der Waals surface area contributed by atoms with E-state index in [4.69, 9.17) is 9.40 Å². The van der Waals surface area contributed by atoms with Crippen molar-refractivity contribution in [2.24, 2.45) is 5.92 Å². The summed E-state index contributed by atoms with van der Waals surface area (Å²) in [6.07, 6.45) is 5.74. The molecule has 2 aromatic heterocycles. The highest BCUT2D eigenvalue weighted by molar-refractivity contribution is 7.91.